The molecule has 92 valence electrons. The first-order chi connectivity index (χ1) is 8.72. The Hall–Kier alpha value is -2.03. The number of benzene rings is 2. The Kier molecular flexibility index (Phi) is 2.67. The van der Waals surface area contributed by atoms with E-state index in [9.17, 15) is 4.39 Å². The van der Waals surface area contributed by atoms with Crippen molar-refractivity contribution in [2.24, 2.45) is 0 Å². The van der Waals surface area contributed by atoms with Crippen molar-refractivity contribution in [3.8, 4) is 16.9 Å². The zero-order chi connectivity index (χ0) is 12.5. The molecule has 2 aromatic rings. The van der Waals surface area contributed by atoms with Crippen LogP contribution in [0.2, 0.25) is 0 Å². The lowest BCUT2D eigenvalue weighted by molar-refractivity contribution is 0.303. The van der Waals surface area contributed by atoms with E-state index >= 15 is 0 Å². The summed E-state index contributed by atoms with van der Waals surface area (Å²) < 4.78 is 18.8. The van der Waals surface area contributed by atoms with Gasteiger partial charge in [-0.15, -0.1) is 0 Å². The summed E-state index contributed by atoms with van der Waals surface area (Å²) in [6, 6.07) is 12.2. The van der Waals surface area contributed by atoms with Gasteiger partial charge in [-0.05, 0) is 48.7 Å². The smallest absolute Gasteiger partial charge is 0.125 e. The van der Waals surface area contributed by atoms with Gasteiger partial charge in [-0.3, -0.25) is 0 Å². The summed E-state index contributed by atoms with van der Waals surface area (Å²) in [6.07, 6.45) is 2.62. The fraction of sp³-hybridized carbons (Fsp3) is 0.200. The van der Waals surface area contributed by atoms with Crippen LogP contribution in [-0.2, 0) is 0 Å². The van der Waals surface area contributed by atoms with Crippen molar-refractivity contribution in [1.82, 2.24) is 0 Å². The van der Waals surface area contributed by atoms with Gasteiger partial charge in [-0.25, -0.2) is 4.39 Å². The second kappa shape index (κ2) is 4.33. The van der Waals surface area contributed by atoms with Crippen LogP contribution in [0, 0.1) is 5.82 Å². The molecule has 0 radical (unpaired) electrons. The molecule has 0 aliphatic heterocycles. The van der Waals surface area contributed by atoms with Crippen molar-refractivity contribution in [3.63, 3.8) is 0 Å². The molecule has 0 atom stereocenters. The number of hydrogen-bond donors (Lipinski definition) is 1. The standard InChI is InChI=1S/C15H14FNO/c16-11-4-7-14(15(17)9-11)10-2-1-3-13(8-10)18-12-5-6-12/h1-4,7-9,12H,5-6,17H2. The van der Waals surface area contributed by atoms with E-state index in [2.05, 4.69) is 0 Å². The van der Waals surface area contributed by atoms with E-state index in [1.807, 2.05) is 24.3 Å². The van der Waals surface area contributed by atoms with Crippen LogP contribution in [0.5, 0.6) is 5.75 Å². The molecule has 2 N–H and O–H groups in total. The molecule has 0 saturated heterocycles. The summed E-state index contributed by atoms with van der Waals surface area (Å²) in [5, 5.41) is 0. The zero-order valence-corrected chi connectivity index (χ0v) is 9.90. The third kappa shape index (κ3) is 2.30. The van der Waals surface area contributed by atoms with Crippen LogP contribution in [0.25, 0.3) is 11.1 Å². The van der Waals surface area contributed by atoms with Gasteiger partial charge >= 0.3 is 0 Å². The third-order valence-corrected chi connectivity index (χ3v) is 2.99. The highest BCUT2D eigenvalue weighted by Gasteiger charge is 2.23. The lowest BCUT2D eigenvalue weighted by Crippen LogP contribution is -1.96. The second-order valence-electron chi connectivity index (χ2n) is 4.58. The highest BCUT2D eigenvalue weighted by molar-refractivity contribution is 5.76. The van der Waals surface area contributed by atoms with Gasteiger partial charge < -0.3 is 10.5 Å². The van der Waals surface area contributed by atoms with Gasteiger partial charge in [0.05, 0.1) is 6.10 Å². The average molecular weight is 243 g/mol. The van der Waals surface area contributed by atoms with E-state index in [-0.39, 0.29) is 5.82 Å². The maximum atomic E-state index is 13.0. The molecule has 0 aromatic heterocycles. The lowest BCUT2D eigenvalue weighted by Gasteiger charge is -2.09. The molecule has 0 unspecified atom stereocenters. The quantitative estimate of drug-likeness (QED) is 0.836. The number of hydrogen-bond acceptors (Lipinski definition) is 2. The Labute approximate surface area is 105 Å². The van der Waals surface area contributed by atoms with Crippen molar-refractivity contribution >= 4 is 5.69 Å². The molecular formula is C15H14FNO. The van der Waals surface area contributed by atoms with Crippen LogP contribution < -0.4 is 10.5 Å². The lowest BCUT2D eigenvalue weighted by atomic mass is 10.0. The van der Waals surface area contributed by atoms with Crippen LogP contribution in [0.1, 0.15) is 12.8 Å². The zero-order valence-electron chi connectivity index (χ0n) is 9.90. The van der Waals surface area contributed by atoms with Gasteiger partial charge in [0, 0.05) is 11.3 Å². The van der Waals surface area contributed by atoms with E-state index < -0.39 is 0 Å². The van der Waals surface area contributed by atoms with Crippen molar-refractivity contribution in [2.45, 2.75) is 18.9 Å². The first-order valence-corrected chi connectivity index (χ1v) is 6.04. The summed E-state index contributed by atoms with van der Waals surface area (Å²) in [4.78, 5) is 0. The SMILES string of the molecule is Nc1cc(F)ccc1-c1cccc(OC2CC2)c1. The van der Waals surface area contributed by atoms with Crippen LogP contribution >= 0.6 is 0 Å². The molecule has 3 rings (SSSR count). The summed E-state index contributed by atoms with van der Waals surface area (Å²) in [5.41, 5.74) is 8.06. The molecule has 0 bridgehead atoms. The Morgan fingerprint density at radius 3 is 2.67 bits per heavy atom. The van der Waals surface area contributed by atoms with E-state index in [4.69, 9.17) is 10.5 Å². The van der Waals surface area contributed by atoms with Gasteiger partial charge in [0.15, 0.2) is 0 Å². The minimum atomic E-state index is -0.318. The summed E-state index contributed by atoms with van der Waals surface area (Å²) >= 11 is 0. The molecule has 1 fully saturated rings. The fourth-order valence-electron chi connectivity index (χ4n) is 1.91. The minimum absolute atomic E-state index is 0.318. The van der Waals surface area contributed by atoms with Crippen LogP contribution in [0.3, 0.4) is 0 Å². The number of ether oxygens (including phenoxy) is 1. The van der Waals surface area contributed by atoms with Gasteiger partial charge in [-0.1, -0.05) is 12.1 Å². The molecule has 2 aromatic carbocycles. The Bertz CT molecular complexity index is 578. The molecule has 18 heavy (non-hydrogen) atoms. The van der Waals surface area contributed by atoms with E-state index in [1.165, 1.54) is 12.1 Å². The molecule has 0 amide bonds. The largest absolute Gasteiger partial charge is 0.490 e. The number of nitrogens with two attached hydrogens (primary N) is 1. The summed E-state index contributed by atoms with van der Waals surface area (Å²) in [7, 11) is 0. The highest BCUT2D eigenvalue weighted by Crippen LogP contribution is 2.32. The monoisotopic (exact) mass is 243 g/mol. The average Bonchev–Trinajstić information content (AvgIpc) is 3.13. The molecule has 1 saturated carbocycles. The normalized spacial score (nSPS) is 14.5. The maximum absolute atomic E-state index is 13.0. The second-order valence-corrected chi connectivity index (χ2v) is 4.58. The molecule has 1 aliphatic carbocycles. The van der Waals surface area contributed by atoms with Crippen molar-refractivity contribution < 1.29 is 9.13 Å². The van der Waals surface area contributed by atoms with Crippen molar-refractivity contribution in [2.75, 3.05) is 5.73 Å². The van der Waals surface area contributed by atoms with Crippen LogP contribution in [-0.4, -0.2) is 6.10 Å². The molecule has 1 aliphatic rings. The molecular weight excluding hydrogens is 229 g/mol. The van der Waals surface area contributed by atoms with E-state index in [0.29, 0.717) is 11.8 Å². The van der Waals surface area contributed by atoms with E-state index in [0.717, 1.165) is 29.7 Å². The predicted octanol–water partition coefficient (Wildman–Crippen LogP) is 3.62. The molecule has 3 heteroatoms. The fourth-order valence-corrected chi connectivity index (χ4v) is 1.91. The molecule has 2 nitrogen and oxygen atoms in total. The van der Waals surface area contributed by atoms with Gasteiger partial charge in [0.1, 0.15) is 11.6 Å². The number of nitrogen functional groups attached to an aromatic ring is 1. The van der Waals surface area contributed by atoms with Gasteiger partial charge in [0.2, 0.25) is 0 Å². The Balaban J connectivity index is 1.94. The Morgan fingerprint density at radius 2 is 1.94 bits per heavy atom. The van der Waals surface area contributed by atoms with Gasteiger partial charge in [0.25, 0.3) is 0 Å². The summed E-state index contributed by atoms with van der Waals surface area (Å²) in [6.45, 7) is 0. The Morgan fingerprint density at radius 1 is 1.11 bits per heavy atom. The predicted molar refractivity (Wildman–Crippen MR) is 69.9 cm³/mol. The topological polar surface area (TPSA) is 35.2 Å². The third-order valence-electron chi connectivity index (χ3n) is 2.99. The van der Waals surface area contributed by atoms with Crippen molar-refractivity contribution in [1.29, 1.82) is 0 Å². The number of anilines is 1. The van der Waals surface area contributed by atoms with Crippen LogP contribution in [0.4, 0.5) is 10.1 Å². The highest BCUT2D eigenvalue weighted by atomic mass is 19.1. The maximum Gasteiger partial charge on any atom is 0.125 e. The van der Waals surface area contributed by atoms with Crippen molar-refractivity contribution in [3.05, 3.63) is 48.3 Å². The minimum Gasteiger partial charge on any atom is -0.490 e. The first kappa shape index (κ1) is 11.1. The van der Waals surface area contributed by atoms with Gasteiger partial charge in [-0.2, -0.15) is 0 Å². The van der Waals surface area contributed by atoms with E-state index in [1.54, 1.807) is 6.07 Å². The summed E-state index contributed by atoms with van der Waals surface area (Å²) in [5.74, 6) is 0.528. The molecule has 0 spiro atoms. The number of halogens is 1. The number of rotatable bonds is 3. The first-order valence-electron chi connectivity index (χ1n) is 6.04. The molecule has 0 heterocycles. The van der Waals surface area contributed by atoms with Crippen LogP contribution in [0.15, 0.2) is 42.5 Å².